The van der Waals surface area contributed by atoms with Gasteiger partial charge < -0.3 is 11.1 Å². The van der Waals surface area contributed by atoms with E-state index in [-0.39, 0.29) is 32.8 Å². The second kappa shape index (κ2) is 11.3. The summed E-state index contributed by atoms with van der Waals surface area (Å²) in [5.41, 5.74) is 7.69. The second-order valence-corrected chi connectivity index (χ2v) is 11.4. The lowest BCUT2D eigenvalue weighted by Gasteiger charge is -2.15. The van der Waals surface area contributed by atoms with Crippen molar-refractivity contribution in [2.24, 2.45) is 0 Å². The standard InChI is InChI=1S/C24H18N8O3S3/c1-14(37-23-19(12-26)20(15-7-10-36-13-15)18(11-25)21(27)31-23)22(33)30-16-3-5-17(6-4-16)38(34,35)32-24-28-8-2-9-29-24/h2-10,13-14H,1H3,(H2,27,31)(H,30,33)(H,28,29,32). The second-order valence-electron chi connectivity index (χ2n) is 7.61. The van der Waals surface area contributed by atoms with Gasteiger partial charge in [-0.1, -0.05) is 11.8 Å². The van der Waals surface area contributed by atoms with Crippen LogP contribution in [0.3, 0.4) is 0 Å². The average molecular weight is 563 g/mol. The number of thiophene rings is 1. The highest BCUT2D eigenvalue weighted by atomic mass is 32.2. The Morgan fingerprint density at radius 2 is 1.79 bits per heavy atom. The smallest absolute Gasteiger partial charge is 0.264 e. The molecule has 1 unspecified atom stereocenters. The summed E-state index contributed by atoms with van der Waals surface area (Å²) in [4.78, 5) is 24.7. The summed E-state index contributed by atoms with van der Waals surface area (Å²) in [7, 11) is -3.92. The van der Waals surface area contributed by atoms with E-state index in [1.807, 2.05) is 11.4 Å². The van der Waals surface area contributed by atoms with Gasteiger partial charge in [0.05, 0.1) is 15.7 Å². The summed E-state index contributed by atoms with van der Waals surface area (Å²) < 4.78 is 27.4. The van der Waals surface area contributed by atoms with Crippen LogP contribution < -0.4 is 15.8 Å². The van der Waals surface area contributed by atoms with Gasteiger partial charge in [-0.25, -0.2) is 28.1 Å². The number of hydrogen-bond acceptors (Lipinski definition) is 11. The average Bonchev–Trinajstić information content (AvgIpc) is 3.43. The highest BCUT2D eigenvalue weighted by Crippen LogP contribution is 2.37. The highest BCUT2D eigenvalue weighted by molar-refractivity contribution is 8.00. The van der Waals surface area contributed by atoms with E-state index >= 15 is 0 Å². The van der Waals surface area contributed by atoms with Crippen molar-refractivity contribution in [1.82, 2.24) is 15.0 Å². The van der Waals surface area contributed by atoms with E-state index < -0.39 is 21.2 Å². The van der Waals surface area contributed by atoms with E-state index in [9.17, 15) is 23.7 Å². The number of nitrogens with two attached hydrogens (primary N) is 1. The Hall–Kier alpha value is -4.50. The predicted molar refractivity (Wildman–Crippen MR) is 145 cm³/mol. The lowest BCUT2D eigenvalue weighted by Crippen LogP contribution is -2.23. The number of pyridine rings is 1. The van der Waals surface area contributed by atoms with Gasteiger partial charge in [0.25, 0.3) is 10.0 Å². The van der Waals surface area contributed by atoms with Crippen LogP contribution >= 0.6 is 23.1 Å². The Morgan fingerprint density at radius 1 is 1.11 bits per heavy atom. The zero-order chi connectivity index (χ0) is 27.3. The number of thioether (sulfide) groups is 1. The Bertz CT molecular complexity index is 1660. The first-order valence-corrected chi connectivity index (χ1v) is 14.1. The number of amides is 1. The van der Waals surface area contributed by atoms with Gasteiger partial charge in [0.1, 0.15) is 28.5 Å². The number of nitrogens with one attached hydrogen (secondary N) is 2. The molecule has 1 atom stereocenters. The summed E-state index contributed by atoms with van der Waals surface area (Å²) in [6, 6.07) is 13.0. The lowest BCUT2D eigenvalue weighted by molar-refractivity contribution is -0.115. The molecule has 3 aromatic heterocycles. The molecule has 0 saturated heterocycles. The maximum absolute atomic E-state index is 12.9. The Morgan fingerprint density at radius 3 is 2.39 bits per heavy atom. The van der Waals surface area contributed by atoms with Crippen LogP contribution in [0.25, 0.3) is 11.1 Å². The number of carbonyl (C=O) groups excluding carboxylic acids is 1. The lowest BCUT2D eigenvalue weighted by atomic mass is 9.99. The van der Waals surface area contributed by atoms with Crippen LogP contribution in [0.2, 0.25) is 0 Å². The molecule has 11 nitrogen and oxygen atoms in total. The molecule has 1 aromatic carbocycles. The maximum Gasteiger partial charge on any atom is 0.264 e. The predicted octanol–water partition coefficient (Wildman–Crippen LogP) is 3.85. The molecule has 3 heterocycles. The molecule has 190 valence electrons. The van der Waals surface area contributed by atoms with Crippen molar-refractivity contribution in [1.29, 1.82) is 10.5 Å². The molecule has 0 aliphatic carbocycles. The molecule has 0 aliphatic heterocycles. The summed E-state index contributed by atoms with van der Waals surface area (Å²) in [6.45, 7) is 1.63. The van der Waals surface area contributed by atoms with Crippen molar-refractivity contribution in [2.45, 2.75) is 22.1 Å². The molecular weight excluding hydrogens is 545 g/mol. The third-order valence-corrected chi connectivity index (χ3v) is 8.22. The number of hydrogen-bond donors (Lipinski definition) is 3. The Labute approximate surface area is 226 Å². The van der Waals surface area contributed by atoms with Gasteiger partial charge in [-0.2, -0.15) is 21.9 Å². The van der Waals surface area contributed by atoms with Crippen LogP contribution in [0.5, 0.6) is 0 Å². The van der Waals surface area contributed by atoms with Gasteiger partial charge in [0.15, 0.2) is 0 Å². The van der Waals surface area contributed by atoms with E-state index in [2.05, 4.69) is 31.1 Å². The van der Waals surface area contributed by atoms with Gasteiger partial charge in [-0.3, -0.25) is 4.79 Å². The number of nitrogen functional groups attached to an aromatic ring is 1. The molecule has 0 aliphatic rings. The monoisotopic (exact) mass is 562 g/mol. The molecule has 0 fully saturated rings. The largest absolute Gasteiger partial charge is 0.383 e. The minimum Gasteiger partial charge on any atom is -0.383 e. The summed E-state index contributed by atoms with van der Waals surface area (Å²) >= 11 is 2.43. The highest BCUT2D eigenvalue weighted by Gasteiger charge is 2.24. The van der Waals surface area contributed by atoms with Gasteiger partial charge in [0.2, 0.25) is 11.9 Å². The molecule has 4 N–H and O–H groups in total. The first-order valence-electron chi connectivity index (χ1n) is 10.8. The first kappa shape index (κ1) is 26.6. The SMILES string of the molecule is CC(Sc1nc(N)c(C#N)c(-c2ccsc2)c1C#N)C(=O)Nc1ccc(S(=O)(=O)Nc2ncccn2)cc1. The fourth-order valence-corrected chi connectivity index (χ4v) is 5.81. The number of anilines is 3. The van der Waals surface area contributed by atoms with Crippen LogP contribution in [0, 0.1) is 22.7 Å². The van der Waals surface area contributed by atoms with E-state index in [0.29, 0.717) is 16.8 Å². The van der Waals surface area contributed by atoms with E-state index in [4.69, 9.17) is 5.73 Å². The normalized spacial score (nSPS) is 11.7. The van der Waals surface area contributed by atoms with E-state index in [0.717, 1.165) is 11.8 Å². The van der Waals surface area contributed by atoms with Crippen molar-refractivity contribution < 1.29 is 13.2 Å². The number of benzene rings is 1. The molecule has 1 amide bonds. The molecule has 38 heavy (non-hydrogen) atoms. The molecule has 14 heteroatoms. The molecular formula is C24H18N8O3S3. The number of nitrogens with zero attached hydrogens (tertiary/aromatic N) is 5. The quantitative estimate of drug-likeness (QED) is 0.266. The Kier molecular flexibility index (Phi) is 7.87. The van der Waals surface area contributed by atoms with Gasteiger partial charge in [-0.15, -0.1) is 0 Å². The molecule has 4 aromatic rings. The number of sulfonamides is 1. The number of carbonyl (C=O) groups is 1. The molecule has 0 radical (unpaired) electrons. The van der Waals surface area contributed by atoms with Gasteiger partial charge >= 0.3 is 0 Å². The molecule has 4 rings (SSSR count). The third kappa shape index (κ3) is 5.73. The fourth-order valence-electron chi connectivity index (χ4n) is 3.29. The van der Waals surface area contributed by atoms with Crippen LogP contribution in [-0.4, -0.2) is 34.5 Å². The minimum absolute atomic E-state index is 0.0332. The van der Waals surface area contributed by atoms with Crippen LogP contribution in [0.1, 0.15) is 18.1 Å². The van der Waals surface area contributed by atoms with Gasteiger partial charge in [-0.05, 0) is 59.6 Å². The van der Waals surface area contributed by atoms with Crippen molar-refractivity contribution in [3.05, 3.63) is 70.7 Å². The van der Waals surface area contributed by atoms with E-state index in [1.54, 1.807) is 24.4 Å². The van der Waals surface area contributed by atoms with E-state index in [1.165, 1.54) is 48.0 Å². The van der Waals surface area contributed by atoms with Crippen molar-refractivity contribution in [2.75, 3.05) is 15.8 Å². The third-order valence-electron chi connectivity index (χ3n) is 5.11. The zero-order valence-corrected chi connectivity index (χ0v) is 22.1. The first-order chi connectivity index (χ1) is 18.2. The van der Waals surface area contributed by atoms with Gasteiger partial charge in [0, 0.05) is 23.6 Å². The summed E-state index contributed by atoms with van der Waals surface area (Å²) in [6.07, 6.45) is 2.82. The van der Waals surface area contributed by atoms with Crippen LogP contribution in [-0.2, 0) is 14.8 Å². The van der Waals surface area contributed by atoms with Crippen molar-refractivity contribution in [3.8, 4) is 23.3 Å². The Balaban J connectivity index is 1.50. The number of rotatable bonds is 8. The van der Waals surface area contributed by atoms with Crippen LogP contribution in [0.4, 0.5) is 17.5 Å². The molecule has 0 saturated carbocycles. The molecule has 0 bridgehead atoms. The van der Waals surface area contributed by atoms with Crippen molar-refractivity contribution in [3.63, 3.8) is 0 Å². The maximum atomic E-state index is 12.9. The fraction of sp³-hybridized carbons (Fsp3) is 0.0833. The number of nitriles is 2. The summed E-state index contributed by atoms with van der Waals surface area (Å²) in [5, 5.41) is 25.3. The molecule has 0 spiro atoms. The van der Waals surface area contributed by atoms with Crippen molar-refractivity contribution >= 4 is 56.5 Å². The summed E-state index contributed by atoms with van der Waals surface area (Å²) in [5.74, 6) is -0.507. The topological polar surface area (TPSA) is 188 Å². The minimum atomic E-state index is -3.92. The zero-order valence-electron chi connectivity index (χ0n) is 19.6. The van der Waals surface area contributed by atoms with Crippen LogP contribution in [0.15, 0.2) is 69.5 Å². The number of aromatic nitrogens is 3.